The van der Waals surface area contributed by atoms with E-state index in [1.165, 1.54) is 34.1 Å². The molecule has 3 aromatic rings. The van der Waals surface area contributed by atoms with Crippen LogP contribution in [0.4, 0.5) is 5.69 Å². The highest BCUT2D eigenvalue weighted by Crippen LogP contribution is 2.21. The van der Waals surface area contributed by atoms with Gasteiger partial charge in [0.15, 0.2) is 0 Å². The number of non-ortho nitro benzene ring substituents is 1. The molecule has 7 nitrogen and oxygen atoms in total. The van der Waals surface area contributed by atoms with Crippen LogP contribution >= 0.6 is 24.0 Å². The summed E-state index contributed by atoms with van der Waals surface area (Å²) in [6.45, 7) is 0. The van der Waals surface area contributed by atoms with Crippen molar-refractivity contribution in [2.75, 3.05) is 0 Å². The number of aromatic nitrogens is 3. The summed E-state index contributed by atoms with van der Waals surface area (Å²) < 4.78 is 1.92. The third-order valence-corrected chi connectivity index (χ3v) is 4.52. The van der Waals surface area contributed by atoms with Crippen LogP contribution in [0.2, 0.25) is 0 Å². The summed E-state index contributed by atoms with van der Waals surface area (Å²) in [5.41, 5.74) is 1.94. The average molecular weight is 371 g/mol. The van der Waals surface area contributed by atoms with E-state index >= 15 is 0 Å². The summed E-state index contributed by atoms with van der Waals surface area (Å²) in [5, 5.41) is 22.6. The van der Waals surface area contributed by atoms with Crippen molar-refractivity contribution in [2.45, 2.75) is 10.9 Å². The van der Waals surface area contributed by atoms with Crippen molar-refractivity contribution in [1.82, 2.24) is 14.9 Å². The van der Waals surface area contributed by atoms with Gasteiger partial charge in [-0.2, -0.15) is 9.78 Å². The number of hydrogen-bond acceptors (Lipinski definition) is 6. The van der Waals surface area contributed by atoms with Gasteiger partial charge in [0.05, 0.1) is 11.1 Å². The van der Waals surface area contributed by atoms with E-state index in [1.807, 2.05) is 30.3 Å². The molecule has 0 saturated carbocycles. The SMILES string of the molecule is O=[N+]([O-])c1ccc(/C=N\n2c(SCc3ccccc3)n[nH]c2=S)cc1. The van der Waals surface area contributed by atoms with Crippen LogP contribution in [-0.4, -0.2) is 26.0 Å². The quantitative estimate of drug-likeness (QED) is 0.232. The molecule has 1 heterocycles. The Hall–Kier alpha value is -2.78. The molecule has 0 spiro atoms. The van der Waals surface area contributed by atoms with E-state index in [0.29, 0.717) is 9.93 Å². The van der Waals surface area contributed by atoms with Gasteiger partial charge in [0.1, 0.15) is 0 Å². The summed E-state index contributed by atoms with van der Waals surface area (Å²) >= 11 is 6.72. The number of H-pyrrole nitrogens is 1. The molecule has 0 aliphatic rings. The standard InChI is InChI=1S/C16H13N5O2S2/c22-21(23)14-8-6-12(7-9-14)10-17-20-15(24)18-19-16(20)25-11-13-4-2-1-3-5-13/h1-10H,11H2,(H,18,24)/b17-10-. The first-order chi connectivity index (χ1) is 12.1. The minimum atomic E-state index is -0.439. The molecule has 0 aliphatic carbocycles. The maximum absolute atomic E-state index is 10.7. The molecule has 0 amide bonds. The van der Waals surface area contributed by atoms with Gasteiger partial charge in [-0.05, 0) is 35.5 Å². The molecule has 9 heteroatoms. The lowest BCUT2D eigenvalue weighted by Crippen LogP contribution is -1.94. The molecular weight excluding hydrogens is 358 g/mol. The van der Waals surface area contributed by atoms with Crippen molar-refractivity contribution in [3.05, 3.63) is 80.6 Å². The molecule has 0 aliphatic heterocycles. The maximum atomic E-state index is 10.7. The van der Waals surface area contributed by atoms with Gasteiger partial charge >= 0.3 is 0 Å². The highest BCUT2D eigenvalue weighted by atomic mass is 32.2. The number of nitrogens with zero attached hydrogens (tertiary/aromatic N) is 4. The zero-order valence-electron chi connectivity index (χ0n) is 12.9. The first-order valence-corrected chi connectivity index (χ1v) is 8.66. The summed E-state index contributed by atoms with van der Waals surface area (Å²) in [5.74, 6) is 0.744. The molecule has 0 unspecified atom stereocenters. The Morgan fingerprint density at radius 1 is 1.24 bits per heavy atom. The van der Waals surface area contributed by atoms with Crippen LogP contribution < -0.4 is 0 Å². The summed E-state index contributed by atoms with van der Waals surface area (Å²) in [6.07, 6.45) is 1.58. The lowest BCUT2D eigenvalue weighted by atomic mass is 10.2. The van der Waals surface area contributed by atoms with Crippen molar-refractivity contribution in [3.8, 4) is 0 Å². The molecule has 0 atom stereocenters. The second kappa shape index (κ2) is 7.86. The van der Waals surface area contributed by atoms with Gasteiger partial charge in [0, 0.05) is 17.9 Å². The Labute approximate surface area is 152 Å². The number of rotatable bonds is 6. The second-order valence-electron chi connectivity index (χ2n) is 4.99. The normalized spacial score (nSPS) is 11.0. The Morgan fingerprint density at radius 3 is 2.64 bits per heavy atom. The zero-order valence-corrected chi connectivity index (χ0v) is 14.5. The zero-order chi connectivity index (χ0) is 17.6. The molecule has 25 heavy (non-hydrogen) atoms. The molecule has 0 radical (unpaired) electrons. The van der Waals surface area contributed by atoms with Crippen molar-refractivity contribution >= 4 is 35.9 Å². The van der Waals surface area contributed by atoms with Gasteiger partial charge in [-0.15, -0.1) is 5.10 Å². The number of thioether (sulfide) groups is 1. The van der Waals surface area contributed by atoms with Gasteiger partial charge in [-0.25, -0.2) is 5.10 Å². The smallest absolute Gasteiger partial charge is 0.258 e. The third-order valence-electron chi connectivity index (χ3n) is 3.26. The molecule has 2 aromatic carbocycles. The van der Waals surface area contributed by atoms with Crippen molar-refractivity contribution < 1.29 is 4.92 Å². The van der Waals surface area contributed by atoms with E-state index in [1.54, 1.807) is 18.3 Å². The highest BCUT2D eigenvalue weighted by molar-refractivity contribution is 7.98. The van der Waals surface area contributed by atoms with E-state index < -0.39 is 4.92 Å². The minimum absolute atomic E-state index is 0.0381. The fraction of sp³-hybridized carbons (Fsp3) is 0.0625. The topological polar surface area (TPSA) is 89.1 Å². The largest absolute Gasteiger partial charge is 0.269 e. The number of nitro benzene ring substituents is 1. The van der Waals surface area contributed by atoms with Crippen molar-refractivity contribution in [2.24, 2.45) is 5.10 Å². The summed E-state index contributed by atoms with van der Waals surface area (Å²) in [6, 6.07) is 16.1. The van der Waals surface area contributed by atoms with E-state index in [-0.39, 0.29) is 5.69 Å². The fourth-order valence-corrected chi connectivity index (χ4v) is 3.10. The Balaban J connectivity index is 1.75. The van der Waals surface area contributed by atoms with E-state index in [2.05, 4.69) is 15.3 Å². The van der Waals surface area contributed by atoms with Crippen LogP contribution in [-0.2, 0) is 5.75 Å². The predicted molar refractivity (Wildman–Crippen MR) is 99.5 cm³/mol. The lowest BCUT2D eigenvalue weighted by molar-refractivity contribution is -0.384. The average Bonchev–Trinajstić information content (AvgIpc) is 2.99. The molecule has 0 fully saturated rings. The van der Waals surface area contributed by atoms with Crippen molar-refractivity contribution in [1.29, 1.82) is 0 Å². The van der Waals surface area contributed by atoms with Crippen LogP contribution in [0.25, 0.3) is 0 Å². The van der Waals surface area contributed by atoms with Gasteiger partial charge < -0.3 is 0 Å². The van der Waals surface area contributed by atoms with E-state index in [4.69, 9.17) is 12.2 Å². The molecule has 0 saturated heterocycles. The van der Waals surface area contributed by atoms with E-state index in [0.717, 1.165) is 11.3 Å². The maximum Gasteiger partial charge on any atom is 0.269 e. The van der Waals surface area contributed by atoms with Crippen LogP contribution in [0.15, 0.2) is 64.9 Å². The fourth-order valence-electron chi connectivity index (χ4n) is 2.00. The van der Waals surface area contributed by atoms with Gasteiger partial charge in [0.2, 0.25) is 9.93 Å². The number of benzene rings is 2. The number of aromatic amines is 1. The highest BCUT2D eigenvalue weighted by Gasteiger charge is 2.07. The molecule has 126 valence electrons. The predicted octanol–water partition coefficient (Wildman–Crippen LogP) is 4.02. The molecule has 3 rings (SSSR count). The number of nitrogens with one attached hydrogen (secondary N) is 1. The van der Waals surface area contributed by atoms with Gasteiger partial charge in [-0.3, -0.25) is 10.1 Å². The first kappa shape index (κ1) is 17.1. The lowest BCUT2D eigenvalue weighted by Gasteiger charge is -2.01. The Kier molecular flexibility index (Phi) is 5.36. The van der Waals surface area contributed by atoms with Crippen molar-refractivity contribution in [3.63, 3.8) is 0 Å². The molecule has 1 N–H and O–H groups in total. The summed E-state index contributed by atoms with van der Waals surface area (Å²) in [7, 11) is 0. The summed E-state index contributed by atoms with van der Waals surface area (Å²) in [4.78, 5) is 10.2. The van der Waals surface area contributed by atoms with E-state index in [9.17, 15) is 10.1 Å². The van der Waals surface area contributed by atoms with Gasteiger partial charge in [0.25, 0.3) is 5.69 Å². The Morgan fingerprint density at radius 2 is 1.96 bits per heavy atom. The monoisotopic (exact) mass is 371 g/mol. The van der Waals surface area contributed by atoms with Crippen LogP contribution in [0.5, 0.6) is 0 Å². The first-order valence-electron chi connectivity index (χ1n) is 7.26. The third kappa shape index (κ3) is 4.40. The van der Waals surface area contributed by atoms with Crippen LogP contribution in [0.3, 0.4) is 0 Å². The number of nitro groups is 1. The minimum Gasteiger partial charge on any atom is -0.258 e. The molecule has 1 aromatic heterocycles. The van der Waals surface area contributed by atoms with Gasteiger partial charge in [-0.1, -0.05) is 42.1 Å². The Bertz CT molecular complexity index is 949. The second-order valence-corrected chi connectivity index (χ2v) is 6.32. The number of hydrogen-bond donors (Lipinski definition) is 1. The van der Waals surface area contributed by atoms with Crippen LogP contribution in [0, 0.1) is 14.9 Å². The molecule has 0 bridgehead atoms. The molecular formula is C16H13N5O2S2. The van der Waals surface area contributed by atoms with Crippen LogP contribution in [0.1, 0.15) is 11.1 Å².